The van der Waals surface area contributed by atoms with E-state index in [-0.39, 0.29) is 17.6 Å². The zero-order chi connectivity index (χ0) is 19.7. The van der Waals surface area contributed by atoms with Crippen LogP contribution in [0.4, 0.5) is 15.8 Å². The second-order valence-electron chi connectivity index (χ2n) is 7.07. The molecule has 2 amide bonds. The van der Waals surface area contributed by atoms with Crippen molar-refractivity contribution >= 4 is 34.8 Å². The van der Waals surface area contributed by atoms with Gasteiger partial charge in [0.25, 0.3) is 5.91 Å². The molecule has 0 spiro atoms. The molecule has 0 aromatic heterocycles. The van der Waals surface area contributed by atoms with E-state index in [4.69, 9.17) is 11.6 Å². The Bertz CT molecular complexity index is 895. The van der Waals surface area contributed by atoms with Crippen molar-refractivity contribution in [3.05, 3.63) is 58.9 Å². The first-order valence-corrected chi connectivity index (χ1v) is 9.80. The molecule has 0 aliphatic carbocycles. The van der Waals surface area contributed by atoms with Crippen molar-refractivity contribution in [3.63, 3.8) is 0 Å². The lowest BCUT2D eigenvalue weighted by Gasteiger charge is -2.36. The zero-order valence-corrected chi connectivity index (χ0v) is 16.2. The van der Waals surface area contributed by atoms with E-state index in [1.807, 2.05) is 0 Å². The molecule has 2 aromatic carbocycles. The highest BCUT2D eigenvalue weighted by Gasteiger charge is 2.26. The highest BCUT2D eigenvalue weighted by molar-refractivity contribution is 6.34. The van der Waals surface area contributed by atoms with Gasteiger partial charge in [0.05, 0.1) is 10.7 Å². The number of rotatable bonds is 3. The van der Waals surface area contributed by atoms with Crippen molar-refractivity contribution in [2.45, 2.75) is 12.8 Å². The van der Waals surface area contributed by atoms with Gasteiger partial charge in [-0.2, -0.15) is 0 Å². The molecule has 0 atom stereocenters. The number of piperazine rings is 1. The van der Waals surface area contributed by atoms with Gasteiger partial charge in [-0.05, 0) is 48.9 Å². The van der Waals surface area contributed by atoms with Gasteiger partial charge >= 0.3 is 0 Å². The number of nitrogens with zero attached hydrogens (tertiary/aromatic N) is 3. The molecule has 0 N–H and O–H groups in total. The summed E-state index contributed by atoms with van der Waals surface area (Å²) in [4.78, 5) is 30.6. The quantitative estimate of drug-likeness (QED) is 0.789. The SMILES string of the molecule is O=C(c1ccc(Cl)c(N2CCCC2=O)c1)N1CCN(c2ccc(F)cc2)CC1. The molecule has 5 nitrogen and oxygen atoms in total. The molecule has 28 heavy (non-hydrogen) atoms. The topological polar surface area (TPSA) is 43.9 Å². The number of benzene rings is 2. The highest BCUT2D eigenvalue weighted by atomic mass is 35.5. The van der Waals surface area contributed by atoms with Crippen LogP contribution >= 0.6 is 11.6 Å². The fraction of sp³-hybridized carbons (Fsp3) is 0.333. The van der Waals surface area contributed by atoms with E-state index in [0.717, 1.165) is 12.1 Å². The lowest BCUT2D eigenvalue weighted by molar-refractivity contribution is -0.117. The Morgan fingerprint density at radius 1 is 0.964 bits per heavy atom. The molecule has 2 aliphatic heterocycles. The Balaban J connectivity index is 1.45. The summed E-state index contributed by atoms with van der Waals surface area (Å²) in [6.07, 6.45) is 1.32. The number of amides is 2. The summed E-state index contributed by atoms with van der Waals surface area (Å²) in [6.45, 7) is 3.16. The average molecular weight is 402 g/mol. The van der Waals surface area contributed by atoms with Crippen molar-refractivity contribution < 1.29 is 14.0 Å². The predicted molar refractivity (Wildman–Crippen MR) is 108 cm³/mol. The van der Waals surface area contributed by atoms with Crippen molar-refractivity contribution in [2.24, 2.45) is 0 Å². The Morgan fingerprint density at radius 2 is 1.68 bits per heavy atom. The molecule has 2 aromatic rings. The van der Waals surface area contributed by atoms with Crippen LogP contribution in [0, 0.1) is 5.82 Å². The molecule has 0 unspecified atom stereocenters. The van der Waals surface area contributed by atoms with E-state index in [2.05, 4.69) is 4.90 Å². The van der Waals surface area contributed by atoms with Crippen LogP contribution in [0.1, 0.15) is 23.2 Å². The molecule has 2 heterocycles. The number of carbonyl (C=O) groups is 2. The van der Waals surface area contributed by atoms with Gasteiger partial charge < -0.3 is 14.7 Å². The summed E-state index contributed by atoms with van der Waals surface area (Å²) in [5.74, 6) is -0.282. The van der Waals surface area contributed by atoms with Crippen LogP contribution in [0.5, 0.6) is 0 Å². The van der Waals surface area contributed by atoms with Crippen molar-refractivity contribution in [3.8, 4) is 0 Å². The third kappa shape index (κ3) is 3.69. The Kier molecular flexibility index (Phi) is 5.22. The van der Waals surface area contributed by atoms with E-state index in [1.165, 1.54) is 12.1 Å². The number of hydrogen-bond acceptors (Lipinski definition) is 3. The maximum Gasteiger partial charge on any atom is 0.254 e. The lowest BCUT2D eigenvalue weighted by Crippen LogP contribution is -2.48. The molecule has 4 rings (SSSR count). The molecule has 2 aliphatic rings. The van der Waals surface area contributed by atoms with E-state index >= 15 is 0 Å². The van der Waals surface area contributed by atoms with Crippen LogP contribution in [0.2, 0.25) is 5.02 Å². The predicted octanol–water partition coefficient (Wildman–Crippen LogP) is 3.57. The minimum absolute atomic E-state index is 0.0411. The van der Waals surface area contributed by atoms with E-state index in [1.54, 1.807) is 40.1 Å². The summed E-state index contributed by atoms with van der Waals surface area (Å²) in [5, 5.41) is 0.480. The van der Waals surface area contributed by atoms with Gasteiger partial charge in [0.15, 0.2) is 0 Å². The van der Waals surface area contributed by atoms with Gasteiger partial charge in [-0.1, -0.05) is 11.6 Å². The minimum Gasteiger partial charge on any atom is -0.368 e. The van der Waals surface area contributed by atoms with Crippen molar-refractivity contribution in [1.29, 1.82) is 0 Å². The number of carbonyl (C=O) groups excluding carboxylic acids is 2. The summed E-state index contributed by atoms with van der Waals surface area (Å²) >= 11 is 6.28. The second-order valence-corrected chi connectivity index (χ2v) is 7.48. The van der Waals surface area contributed by atoms with E-state index in [9.17, 15) is 14.0 Å². The van der Waals surface area contributed by atoms with E-state index in [0.29, 0.717) is 55.4 Å². The number of anilines is 2. The summed E-state index contributed by atoms with van der Waals surface area (Å²) in [5.41, 5.74) is 2.10. The van der Waals surface area contributed by atoms with Gasteiger partial charge in [-0.25, -0.2) is 4.39 Å². The molecule has 0 saturated carbocycles. The van der Waals surface area contributed by atoms with Crippen LogP contribution in [-0.2, 0) is 4.79 Å². The first kappa shape index (κ1) is 18.7. The largest absolute Gasteiger partial charge is 0.368 e. The van der Waals surface area contributed by atoms with Gasteiger partial charge in [0.2, 0.25) is 5.91 Å². The fourth-order valence-electron chi connectivity index (χ4n) is 3.76. The third-order valence-corrected chi connectivity index (χ3v) is 5.64. The third-order valence-electron chi connectivity index (χ3n) is 5.32. The van der Waals surface area contributed by atoms with Crippen molar-refractivity contribution in [2.75, 3.05) is 42.5 Å². The van der Waals surface area contributed by atoms with Crippen LogP contribution in [0.15, 0.2) is 42.5 Å². The minimum atomic E-state index is -0.257. The molecule has 0 bridgehead atoms. The first-order chi connectivity index (χ1) is 13.5. The van der Waals surface area contributed by atoms with Crippen LogP contribution < -0.4 is 9.80 Å². The van der Waals surface area contributed by atoms with Gasteiger partial charge in [-0.15, -0.1) is 0 Å². The highest BCUT2D eigenvalue weighted by Crippen LogP contribution is 2.31. The zero-order valence-electron chi connectivity index (χ0n) is 15.4. The standard InChI is InChI=1S/C21H21ClFN3O2/c22-18-8-3-15(14-19(18)26-9-1-2-20(26)27)21(28)25-12-10-24(11-13-25)17-6-4-16(23)5-7-17/h3-8,14H,1-2,9-13H2. The van der Waals surface area contributed by atoms with Crippen LogP contribution in [-0.4, -0.2) is 49.4 Å². The molecular weight excluding hydrogens is 381 g/mol. The monoisotopic (exact) mass is 401 g/mol. The Labute approximate surface area is 168 Å². The number of halogens is 2. The smallest absolute Gasteiger partial charge is 0.254 e. The molecule has 7 heteroatoms. The van der Waals surface area contributed by atoms with Gasteiger partial charge in [0.1, 0.15) is 5.82 Å². The molecule has 146 valence electrons. The Hall–Kier alpha value is -2.60. The maximum absolute atomic E-state index is 13.1. The molecule has 2 fully saturated rings. The van der Waals surface area contributed by atoms with Crippen molar-refractivity contribution in [1.82, 2.24) is 4.90 Å². The summed E-state index contributed by atoms with van der Waals surface area (Å²) < 4.78 is 13.1. The molecular formula is C21H21ClFN3O2. The van der Waals surface area contributed by atoms with E-state index < -0.39 is 0 Å². The summed E-state index contributed by atoms with van der Waals surface area (Å²) in [6, 6.07) is 11.5. The first-order valence-electron chi connectivity index (χ1n) is 9.42. The van der Waals surface area contributed by atoms with Gasteiger partial charge in [0, 0.05) is 50.4 Å². The fourth-order valence-corrected chi connectivity index (χ4v) is 3.98. The molecule has 2 saturated heterocycles. The lowest BCUT2D eigenvalue weighted by atomic mass is 10.1. The van der Waals surface area contributed by atoms with Crippen LogP contribution in [0.25, 0.3) is 0 Å². The average Bonchev–Trinajstić information content (AvgIpc) is 3.14. The number of hydrogen-bond donors (Lipinski definition) is 0. The Morgan fingerprint density at radius 3 is 2.32 bits per heavy atom. The maximum atomic E-state index is 13.1. The van der Waals surface area contributed by atoms with Crippen LogP contribution in [0.3, 0.4) is 0 Å². The molecule has 0 radical (unpaired) electrons. The second kappa shape index (κ2) is 7.80. The normalized spacial score (nSPS) is 17.4. The van der Waals surface area contributed by atoms with Gasteiger partial charge in [-0.3, -0.25) is 9.59 Å². The summed E-state index contributed by atoms with van der Waals surface area (Å²) in [7, 11) is 0.